The summed E-state index contributed by atoms with van der Waals surface area (Å²) < 4.78 is 6.03. The SMILES string of the molecule is COc1ccc(CNc2sc3ccncc3c2C(=O)O)cc1. The molecule has 0 radical (unpaired) electrons. The first-order chi connectivity index (χ1) is 10.7. The van der Waals surface area contributed by atoms with Gasteiger partial charge in [0.05, 0.1) is 7.11 Å². The largest absolute Gasteiger partial charge is 0.497 e. The molecule has 0 aliphatic carbocycles. The van der Waals surface area contributed by atoms with Crippen LogP contribution in [0.5, 0.6) is 5.75 Å². The van der Waals surface area contributed by atoms with E-state index in [1.165, 1.54) is 11.3 Å². The molecule has 0 unspecified atom stereocenters. The number of aromatic nitrogens is 1. The van der Waals surface area contributed by atoms with Crippen molar-refractivity contribution in [2.24, 2.45) is 0 Å². The Morgan fingerprint density at radius 2 is 2.09 bits per heavy atom. The van der Waals surface area contributed by atoms with Crippen molar-refractivity contribution in [2.75, 3.05) is 12.4 Å². The number of hydrogen-bond donors (Lipinski definition) is 2. The Hall–Kier alpha value is -2.60. The van der Waals surface area contributed by atoms with Crippen LogP contribution in [-0.4, -0.2) is 23.2 Å². The van der Waals surface area contributed by atoms with E-state index in [0.29, 0.717) is 16.9 Å². The zero-order valence-electron chi connectivity index (χ0n) is 11.9. The smallest absolute Gasteiger partial charge is 0.339 e. The third-order valence-electron chi connectivity index (χ3n) is 3.32. The summed E-state index contributed by atoms with van der Waals surface area (Å²) in [4.78, 5) is 15.5. The highest BCUT2D eigenvalue weighted by Crippen LogP contribution is 2.35. The second kappa shape index (κ2) is 6.03. The number of rotatable bonds is 5. The van der Waals surface area contributed by atoms with Crippen molar-refractivity contribution in [2.45, 2.75) is 6.54 Å². The molecule has 0 aliphatic heterocycles. The molecule has 1 aromatic carbocycles. The second-order valence-electron chi connectivity index (χ2n) is 4.68. The summed E-state index contributed by atoms with van der Waals surface area (Å²) >= 11 is 1.42. The summed E-state index contributed by atoms with van der Waals surface area (Å²) in [6, 6.07) is 9.47. The lowest BCUT2D eigenvalue weighted by Crippen LogP contribution is -2.03. The number of thiophene rings is 1. The standard InChI is InChI=1S/C16H14N2O3S/c1-21-11-4-2-10(3-5-11)8-18-15-14(16(19)20)12-9-17-7-6-13(12)22-15/h2-7,9,18H,8H2,1H3,(H,19,20). The topological polar surface area (TPSA) is 71.5 Å². The number of nitrogens with zero attached hydrogens (tertiary/aromatic N) is 1. The van der Waals surface area contributed by atoms with Crippen LogP contribution in [0.25, 0.3) is 10.1 Å². The number of fused-ring (bicyclic) bond motifs is 1. The summed E-state index contributed by atoms with van der Waals surface area (Å²) in [5.74, 6) is -0.153. The molecule has 22 heavy (non-hydrogen) atoms. The van der Waals surface area contributed by atoms with Crippen LogP contribution >= 0.6 is 11.3 Å². The van der Waals surface area contributed by atoms with Crippen LogP contribution in [0.15, 0.2) is 42.7 Å². The van der Waals surface area contributed by atoms with Crippen LogP contribution in [-0.2, 0) is 6.54 Å². The number of carboxylic acids is 1. The number of methoxy groups -OCH3 is 1. The molecular weight excluding hydrogens is 300 g/mol. The number of pyridine rings is 1. The fourth-order valence-electron chi connectivity index (χ4n) is 2.20. The van der Waals surface area contributed by atoms with Gasteiger partial charge in [-0.05, 0) is 23.8 Å². The Morgan fingerprint density at radius 1 is 1.32 bits per heavy atom. The van der Waals surface area contributed by atoms with E-state index in [1.54, 1.807) is 19.5 Å². The van der Waals surface area contributed by atoms with Crippen LogP contribution in [0, 0.1) is 0 Å². The van der Waals surface area contributed by atoms with Crippen molar-refractivity contribution in [1.82, 2.24) is 4.98 Å². The Balaban J connectivity index is 1.86. The number of ether oxygens (including phenoxy) is 1. The first-order valence-corrected chi connectivity index (χ1v) is 7.47. The van der Waals surface area contributed by atoms with E-state index in [2.05, 4.69) is 10.3 Å². The predicted molar refractivity (Wildman–Crippen MR) is 86.9 cm³/mol. The third kappa shape index (κ3) is 2.73. The van der Waals surface area contributed by atoms with Gasteiger partial charge in [-0.3, -0.25) is 4.98 Å². The number of carboxylic acid groups (broad SMARTS) is 1. The lowest BCUT2D eigenvalue weighted by molar-refractivity contribution is 0.0700. The molecule has 0 atom stereocenters. The highest BCUT2D eigenvalue weighted by molar-refractivity contribution is 7.23. The molecule has 2 heterocycles. The first-order valence-electron chi connectivity index (χ1n) is 6.65. The van der Waals surface area contributed by atoms with E-state index in [4.69, 9.17) is 4.74 Å². The summed E-state index contributed by atoms with van der Waals surface area (Å²) in [7, 11) is 1.62. The van der Waals surface area contributed by atoms with Crippen molar-refractivity contribution in [1.29, 1.82) is 0 Å². The number of carbonyl (C=O) groups is 1. The minimum Gasteiger partial charge on any atom is -0.497 e. The van der Waals surface area contributed by atoms with E-state index in [0.717, 1.165) is 16.0 Å². The first kappa shape index (κ1) is 14.3. The van der Waals surface area contributed by atoms with Gasteiger partial charge in [0.1, 0.15) is 16.3 Å². The van der Waals surface area contributed by atoms with Gasteiger partial charge in [-0.1, -0.05) is 12.1 Å². The number of aromatic carboxylic acids is 1. The molecule has 3 aromatic rings. The molecule has 0 bridgehead atoms. The van der Waals surface area contributed by atoms with E-state index < -0.39 is 5.97 Å². The van der Waals surface area contributed by atoms with Crippen LogP contribution < -0.4 is 10.1 Å². The van der Waals surface area contributed by atoms with Gasteiger partial charge < -0.3 is 15.2 Å². The van der Waals surface area contributed by atoms with E-state index in [-0.39, 0.29) is 5.56 Å². The van der Waals surface area contributed by atoms with Crippen LogP contribution in [0.2, 0.25) is 0 Å². The van der Waals surface area contributed by atoms with Crippen LogP contribution in [0.1, 0.15) is 15.9 Å². The maximum atomic E-state index is 11.5. The summed E-state index contributed by atoms with van der Waals surface area (Å²) in [6.45, 7) is 0.546. The number of anilines is 1. The highest BCUT2D eigenvalue weighted by Gasteiger charge is 2.18. The second-order valence-corrected chi connectivity index (χ2v) is 5.74. The minimum absolute atomic E-state index is 0.279. The van der Waals surface area contributed by atoms with Crippen molar-refractivity contribution in [3.8, 4) is 5.75 Å². The van der Waals surface area contributed by atoms with Gasteiger partial charge in [0.2, 0.25) is 0 Å². The number of benzene rings is 1. The van der Waals surface area contributed by atoms with Gasteiger partial charge in [0.15, 0.2) is 0 Å². The summed E-state index contributed by atoms with van der Waals surface area (Å²) in [5, 5.41) is 14.0. The molecule has 2 aromatic heterocycles. The molecule has 0 fully saturated rings. The van der Waals surface area contributed by atoms with Gasteiger partial charge in [-0.25, -0.2) is 4.79 Å². The molecule has 3 rings (SSSR count). The molecule has 0 saturated heterocycles. The summed E-state index contributed by atoms with van der Waals surface area (Å²) in [5.41, 5.74) is 1.33. The van der Waals surface area contributed by atoms with Crippen molar-refractivity contribution < 1.29 is 14.6 Å². The average Bonchev–Trinajstić information content (AvgIpc) is 2.92. The fourth-order valence-corrected chi connectivity index (χ4v) is 3.26. The van der Waals surface area contributed by atoms with Gasteiger partial charge in [-0.15, -0.1) is 11.3 Å². The van der Waals surface area contributed by atoms with Gasteiger partial charge in [0.25, 0.3) is 0 Å². The number of hydrogen-bond acceptors (Lipinski definition) is 5. The zero-order chi connectivity index (χ0) is 15.5. The molecule has 0 saturated carbocycles. The quantitative estimate of drug-likeness (QED) is 0.752. The fraction of sp³-hybridized carbons (Fsp3) is 0.125. The maximum Gasteiger partial charge on any atom is 0.339 e. The monoisotopic (exact) mass is 314 g/mol. The Labute approximate surface area is 131 Å². The van der Waals surface area contributed by atoms with E-state index in [1.807, 2.05) is 30.3 Å². The third-order valence-corrected chi connectivity index (χ3v) is 4.44. The lowest BCUT2D eigenvalue weighted by atomic mass is 10.2. The zero-order valence-corrected chi connectivity index (χ0v) is 12.7. The van der Waals surface area contributed by atoms with Crippen LogP contribution in [0.3, 0.4) is 0 Å². The molecule has 0 amide bonds. The minimum atomic E-state index is -0.948. The lowest BCUT2D eigenvalue weighted by Gasteiger charge is -2.06. The van der Waals surface area contributed by atoms with Crippen molar-refractivity contribution >= 4 is 32.4 Å². The normalized spacial score (nSPS) is 10.6. The maximum absolute atomic E-state index is 11.5. The molecule has 0 aliphatic rings. The molecular formula is C16H14N2O3S. The molecule has 6 heteroatoms. The molecule has 112 valence electrons. The van der Waals surface area contributed by atoms with Crippen molar-refractivity contribution in [3.05, 3.63) is 53.9 Å². The molecule has 5 nitrogen and oxygen atoms in total. The van der Waals surface area contributed by atoms with Gasteiger partial charge in [0, 0.05) is 29.0 Å². The van der Waals surface area contributed by atoms with Crippen molar-refractivity contribution in [3.63, 3.8) is 0 Å². The Kier molecular flexibility index (Phi) is 3.93. The predicted octanol–water partition coefficient (Wildman–Crippen LogP) is 3.62. The summed E-state index contributed by atoms with van der Waals surface area (Å²) in [6.07, 6.45) is 3.26. The Morgan fingerprint density at radius 3 is 2.77 bits per heavy atom. The van der Waals surface area contributed by atoms with Crippen LogP contribution in [0.4, 0.5) is 5.00 Å². The number of nitrogens with one attached hydrogen (secondary N) is 1. The van der Waals surface area contributed by atoms with E-state index in [9.17, 15) is 9.90 Å². The molecule has 0 spiro atoms. The Bertz CT molecular complexity index is 812. The van der Waals surface area contributed by atoms with E-state index >= 15 is 0 Å². The highest BCUT2D eigenvalue weighted by atomic mass is 32.1. The van der Waals surface area contributed by atoms with Gasteiger partial charge >= 0.3 is 5.97 Å². The van der Waals surface area contributed by atoms with Gasteiger partial charge in [-0.2, -0.15) is 0 Å². The average molecular weight is 314 g/mol. The molecule has 2 N–H and O–H groups in total.